The molecule has 0 aliphatic carbocycles. The minimum absolute atomic E-state index is 0.297. The molecule has 4 rings (SSSR count). The SMILES string of the molecule is CCc1cc(=O)oc2c(C)c3c(cc12)CN(Cc1ccccc1)CO3. The van der Waals surface area contributed by atoms with Crippen LogP contribution in [0.4, 0.5) is 0 Å². The van der Waals surface area contributed by atoms with Crippen molar-refractivity contribution in [2.75, 3.05) is 6.73 Å². The van der Waals surface area contributed by atoms with Gasteiger partial charge in [0.05, 0.1) is 0 Å². The molecular formula is C21H21NO3. The third-order valence-electron chi connectivity index (χ3n) is 4.79. The number of fused-ring (bicyclic) bond motifs is 2. The van der Waals surface area contributed by atoms with E-state index in [4.69, 9.17) is 9.15 Å². The number of ether oxygens (including phenoxy) is 1. The Morgan fingerprint density at radius 2 is 1.96 bits per heavy atom. The van der Waals surface area contributed by atoms with E-state index in [0.717, 1.165) is 47.3 Å². The van der Waals surface area contributed by atoms with Gasteiger partial charge in [0, 0.05) is 35.7 Å². The van der Waals surface area contributed by atoms with E-state index >= 15 is 0 Å². The molecule has 1 aliphatic rings. The zero-order chi connectivity index (χ0) is 17.4. The average molecular weight is 335 g/mol. The molecule has 0 fully saturated rings. The van der Waals surface area contributed by atoms with Crippen LogP contribution in [0.5, 0.6) is 5.75 Å². The van der Waals surface area contributed by atoms with Gasteiger partial charge < -0.3 is 9.15 Å². The summed E-state index contributed by atoms with van der Waals surface area (Å²) in [5.41, 5.74) is 4.72. The molecule has 1 aromatic heterocycles. The molecule has 2 heterocycles. The third kappa shape index (κ3) is 2.94. The molecule has 128 valence electrons. The van der Waals surface area contributed by atoms with E-state index in [1.54, 1.807) is 6.07 Å². The predicted molar refractivity (Wildman–Crippen MR) is 97.8 cm³/mol. The van der Waals surface area contributed by atoms with Crippen LogP contribution in [0.25, 0.3) is 11.0 Å². The van der Waals surface area contributed by atoms with Crippen molar-refractivity contribution in [3.05, 3.63) is 75.1 Å². The molecule has 0 atom stereocenters. The zero-order valence-electron chi connectivity index (χ0n) is 14.5. The summed E-state index contributed by atoms with van der Waals surface area (Å²) in [6, 6.07) is 14.1. The predicted octanol–water partition coefficient (Wildman–Crippen LogP) is 4.02. The molecule has 0 saturated carbocycles. The third-order valence-corrected chi connectivity index (χ3v) is 4.79. The molecule has 4 nitrogen and oxygen atoms in total. The molecule has 0 bridgehead atoms. The highest BCUT2D eigenvalue weighted by molar-refractivity contribution is 5.86. The van der Waals surface area contributed by atoms with E-state index in [-0.39, 0.29) is 5.63 Å². The highest BCUT2D eigenvalue weighted by Crippen LogP contribution is 2.36. The standard InChI is InChI=1S/C21H21NO3/c1-3-16-10-19(23)25-21-14(2)20-17(9-18(16)21)12-22(13-24-20)11-15-7-5-4-6-8-15/h4-10H,3,11-13H2,1-2H3. The smallest absolute Gasteiger partial charge is 0.336 e. The van der Waals surface area contributed by atoms with Crippen LogP contribution in [0.3, 0.4) is 0 Å². The quantitative estimate of drug-likeness (QED) is 0.678. The van der Waals surface area contributed by atoms with Gasteiger partial charge in [-0.1, -0.05) is 37.3 Å². The minimum atomic E-state index is -0.297. The second-order valence-electron chi connectivity index (χ2n) is 6.56. The Hall–Kier alpha value is -2.59. The molecule has 4 heteroatoms. The van der Waals surface area contributed by atoms with E-state index in [2.05, 4.69) is 42.2 Å². The first kappa shape index (κ1) is 15.9. The summed E-state index contributed by atoms with van der Waals surface area (Å²) in [7, 11) is 0. The monoisotopic (exact) mass is 335 g/mol. The van der Waals surface area contributed by atoms with Crippen LogP contribution in [-0.4, -0.2) is 11.6 Å². The lowest BCUT2D eigenvalue weighted by Gasteiger charge is -2.30. The topological polar surface area (TPSA) is 42.7 Å². The molecule has 0 N–H and O–H groups in total. The van der Waals surface area contributed by atoms with Gasteiger partial charge in [0.2, 0.25) is 0 Å². The first-order valence-electron chi connectivity index (χ1n) is 8.64. The Bertz CT molecular complexity index is 976. The normalized spacial score (nSPS) is 14.3. The van der Waals surface area contributed by atoms with Crippen LogP contribution >= 0.6 is 0 Å². The zero-order valence-corrected chi connectivity index (χ0v) is 14.5. The molecular weight excluding hydrogens is 314 g/mol. The van der Waals surface area contributed by atoms with Crippen molar-refractivity contribution in [2.45, 2.75) is 33.4 Å². The summed E-state index contributed by atoms with van der Waals surface area (Å²) >= 11 is 0. The fourth-order valence-electron chi connectivity index (χ4n) is 3.57. The fourth-order valence-corrected chi connectivity index (χ4v) is 3.57. The van der Waals surface area contributed by atoms with Gasteiger partial charge in [-0.05, 0) is 30.5 Å². The van der Waals surface area contributed by atoms with Gasteiger partial charge in [0.15, 0.2) is 0 Å². The Balaban J connectivity index is 1.73. The average Bonchev–Trinajstić information content (AvgIpc) is 2.63. The number of benzene rings is 2. The summed E-state index contributed by atoms with van der Waals surface area (Å²) in [4.78, 5) is 14.1. The lowest BCUT2D eigenvalue weighted by molar-refractivity contribution is 0.0881. The summed E-state index contributed by atoms with van der Waals surface area (Å²) < 4.78 is 11.5. The Kier molecular flexibility index (Phi) is 4.06. The van der Waals surface area contributed by atoms with Crippen molar-refractivity contribution >= 4 is 11.0 Å². The number of nitrogens with zero attached hydrogens (tertiary/aromatic N) is 1. The molecule has 2 aromatic carbocycles. The van der Waals surface area contributed by atoms with Gasteiger partial charge in [-0.3, -0.25) is 4.90 Å². The maximum Gasteiger partial charge on any atom is 0.336 e. The van der Waals surface area contributed by atoms with Gasteiger partial charge in [-0.25, -0.2) is 4.79 Å². The lowest BCUT2D eigenvalue weighted by atomic mass is 9.99. The van der Waals surface area contributed by atoms with Crippen LogP contribution in [0.2, 0.25) is 0 Å². The number of hydrogen-bond acceptors (Lipinski definition) is 4. The first-order chi connectivity index (χ1) is 12.2. The highest BCUT2D eigenvalue weighted by Gasteiger charge is 2.22. The second-order valence-corrected chi connectivity index (χ2v) is 6.56. The molecule has 0 radical (unpaired) electrons. The van der Waals surface area contributed by atoms with Crippen LogP contribution < -0.4 is 10.4 Å². The van der Waals surface area contributed by atoms with Gasteiger partial charge in [-0.15, -0.1) is 0 Å². The van der Waals surface area contributed by atoms with E-state index < -0.39 is 0 Å². The van der Waals surface area contributed by atoms with Crippen LogP contribution in [0.1, 0.15) is 29.2 Å². The molecule has 0 amide bonds. The van der Waals surface area contributed by atoms with Crippen LogP contribution in [0.15, 0.2) is 51.7 Å². The van der Waals surface area contributed by atoms with Gasteiger partial charge in [0.1, 0.15) is 18.1 Å². The second kappa shape index (κ2) is 6.37. The van der Waals surface area contributed by atoms with Crippen molar-refractivity contribution in [2.24, 2.45) is 0 Å². The molecule has 0 saturated heterocycles. The maximum absolute atomic E-state index is 11.8. The number of hydrogen-bond donors (Lipinski definition) is 0. The van der Waals surface area contributed by atoms with E-state index in [9.17, 15) is 4.79 Å². The summed E-state index contributed by atoms with van der Waals surface area (Å²) in [5.74, 6) is 0.855. The van der Waals surface area contributed by atoms with Crippen LogP contribution in [-0.2, 0) is 19.5 Å². The Labute approximate surface area is 146 Å². The Morgan fingerprint density at radius 1 is 1.16 bits per heavy atom. The van der Waals surface area contributed by atoms with Crippen molar-refractivity contribution < 1.29 is 9.15 Å². The fraction of sp³-hybridized carbons (Fsp3) is 0.286. The lowest BCUT2D eigenvalue weighted by Crippen LogP contribution is -2.31. The van der Waals surface area contributed by atoms with Gasteiger partial charge in [-0.2, -0.15) is 0 Å². The van der Waals surface area contributed by atoms with Crippen molar-refractivity contribution in [1.82, 2.24) is 4.90 Å². The van der Waals surface area contributed by atoms with Crippen molar-refractivity contribution in [1.29, 1.82) is 0 Å². The molecule has 3 aromatic rings. The number of aryl methyl sites for hydroxylation is 2. The molecule has 1 aliphatic heterocycles. The van der Waals surface area contributed by atoms with E-state index in [0.29, 0.717) is 12.3 Å². The summed E-state index contributed by atoms with van der Waals surface area (Å²) in [6.07, 6.45) is 0.801. The summed E-state index contributed by atoms with van der Waals surface area (Å²) in [6.45, 7) is 6.23. The summed E-state index contributed by atoms with van der Waals surface area (Å²) in [5, 5.41) is 1.02. The van der Waals surface area contributed by atoms with Gasteiger partial charge in [0.25, 0.3) is 0 Å². The Morgan fingerprint density at radius 3 is 2.72 bits per heavy atom. The van der Waals surface area contributed by atoms with Gasteiger partial charge >= 0.3 is 5.63 Å². The van der Waals surface area contributed by atoms with Crippen molar-refractivity contribution in [3.8, 4) is 5.75 Å². The van der Waals surface area contributed by atoms with Crippen molar-refractivity contribution in [3.63, 3.8) is 0 Å². The largest absolute Gasteiger partial charge is 0.477 e. The van der Waals surface area contributed by atoms with E-state index in [1.165, 1.54) is 5.56 Å². The molecule has 0 spiro atoms. The number of rotatable bonds is 3. The van der Waals surface area contributed by atoms with Crippen LogP contribution in [0, 0.1) is 6.92 Å². The maximum atomic E-state index is 11.8. The first-order valence-corrected chi connectivity index (χ1v) is 8.64. The highest BCUT2D eigenvalue weighted by atomic mass is 16.5. The van der Waals surface area contributed by atoms with E-state index in [1.807, 2.05) is 13.0 Å². The molecule has 0 unspecified atom stereocenters. The molecule has 25 heavy (non-hydrogen) atoms. The minimum Gasteiger partial charge on any atom is -0.477 e.